The van der Waals surface area contributed by atoms with Crippen LogP contribution in [-0.4, -0.2) is 46.7 Å². The van der Waals surface area contributed by atoms with Crippen LogP contribution in [0.15, 0.2) is 0 Å². The molecule has 2 atom stereocenters. The summed E-state index contributed by atoms with van der Waals surface area (Å²) in [5, 5.41) is 11.8. The van der Waals surface area contributed by atoms with Gasteiger partial charge in [0.05, 0.1) is 0 Å². The molecule has 2 heterocycles. The molecule has 2 unspecified atom stereocenters. The lowest BCUT2D eigenvalue weighted by Gasteiger charge is -2.25. The molecule has 0 saturated carbocycles. The molecule has 0 radical (unpaired) electrons. The van der Waals surface area contributed by atoms with Crippen molar-refractivity contribution in [1.82, 2.24) is 5.32 Å². The largest absolute Gasteiger partial charge is 0.479 e. The van der Waals surface area contributed by atoms with Crippen molar-refractivity contribution < 1.29 is 19.4 Å². The van der Waals surface area contributed by atoms with Crippen LogP contribution >= 0.6 is 11.8 Å². The smallest absolute Gasteiger partial charge is 0.330 e. The molecule has 2 fully saturated rings. The number of hydrogen-bond acceptors (Lipinski definition) is 4. The normalized spacial score (nSPS) is 33.9. The quantitative estimate of drug-likeness (QED) is 0.745. The lowest BCUT2D eigenvalue weighted by molar-refractivity contribution is -0.148. The number of thioether (sulfide) groups is 1. The van der Waals surface area contributed by atoms with E-state index >= 15 is 0 Å². The number of carboxylic acid groups (broad SMARTS) is 1. The zero-order valence-corrected chi connectivity index (χ0v) is 9.72. The number of rotatable bonds is 3. The Morgan fingerprint density at radius 3 is 2.81 bits per heavy atom. The van der Waals surface area contributed by atoms with Gasteiger partial charge < -0.3 is 15.2 Å². The van der Waals surface area contributed by atoms with Crippen LogP contribution in [0, 0.1) is 0 Å². The third kappa shape index (κ3) is 2.17. The summed E-state index contributed by atoms with van der Waals surface area (Å²) in [5.74, 6) is 0.00469. The SMILES string of the molecule is O=C(NC1(C(=O)O)CCSC1)C1CCCO1. The number of carboxylic acids is 1. The molecular formula is C10H15NO4S. The van der Waals surface area contributed by atoms with E-state index in [1.54, 1.807) is 11.8 Å². The van der Waals surface area contributed by atoms with Crippen LogP contribution in [0.25, 0.3) is 0 Å². The molecule has 2 aliphatic heterocycles. The number of carbonyl (C=O) groups excluding carboxylic acids is 1. The number of aliphatic carboxylic acids is 1. The van der Waals surface area contributed by atoms with Crippen molar-refractivity contribution in [2.24, 2.45) is 0 Å². The molecule has 16 heavy (non-hydrogen) atoms. The van der Waals surface area contributed by atoms with Gasteiger partial charge in [-0.15, -0.1) is 0 Å². The first-order valence-electron chi connectivity index (χ1n) is 5.39. The molecule has 2 rings (SSSR count). The standard InChI is InChI=1S/C10H15NO4S/c12-8(7-2-1-4-15-7)11-10(9(13)14)3-5-16-6-10/h7H,1-6H2,(H,11,12)(H,13,14). The van der Waals surface area contributed by atoms with E-state index in [2.05, 4.69) is 5.32 Å². The van der Waals surface area contributed by atoms with Crippen molar-refractivity contribution in [2.75, 3.05) is 18.1 Å². The highest BCUT2D eigenvalue weighted by Crippen LogP contribution is 2.28. The van der Waals surface area contributed by atoms with E-state index in [9.17, 15) is 14.7 Å². The second kappa shape index (κ2) is 4.63. The fourth-order valence-corrected chi connectivity index (χ4v) is 3.31. The minimum Gasteiger partial charge on any atom is -0.479 e. The van der Waals surface area contributed by atoms with Crippen molar-refractivity contribution in [3.63, 3.8) is 0 Å². The first kappa shape index (κ1) is 11.7. The highest BCUT2D eigenvalue weighted by Gasteiger charge is 2.44. The van der Waals surface area contributed by atoms with Crippen molar-refractivity contribution in [1.29, 1.82) is 0 Å². The maximum absolute atomic E-state index is 11.8. The molecule has 0 bridgehead atoms. The minimum absolute atomic E-state index is 0.276. The Bertz CT molecular complexity index is 295. The van der Waals surface area contributed by atoms with Gasteiger partial charge in [0.25, 0.3) is 0 Å². The number of nitrogens with one attached hydrogen (secondary N) is 1. The molecule has 2 saturated heterocycles. The minimum atomic E-state index is -1.08. The number of hydrogen-bond donors (Lipinski definition) is 2. The Morgan fingerprint density at radius 2 is 2.31 bits per heavy atom. The summed E-state index contributed by atoms with van der Waals surface area (Å²) >= 11 is 1.56. The summed E-state index contributed by atoms with van der Waals surface area (Å²) in [4.78, 5) is 23.0. The van der Waals surface area contributed by atoms with Gasteiger partial charge in [0.15, 0.2) is 0 Å². The van der Waals surface area contributed by atoms with E-state index in [1.165, 1.54) is 0 Å². The molecule has 90 valence electrons. The average molecular weight is 245 g/mol. The van der Waals surface area contributed by atoms with Gasteiger partial charge in [-0.1, -0.05) is 0 Å². The summed E-state index contributed by atoms with van der Waals surface area (Å²) in [5.41, 5.74) is -1.08. The van der Waals surface area contributed by atoms with E-state index in [0.717, 1.165) is 12.2 Å². The van der Waals surface area contributed by atoms with Gasteiger partial charge >= 0.3 is 5.97 Å². The third-order valence-corrected chi connectivity index (χ3v) is 4.21. The van der Waals surface area contributed by atoms with E-state index in [-0.39, 0.29) is 5.91 Å². The van der Waals surface area contributed by atoms with E-state index in [1.807, 2.05) is 0 Å². The maximum Gasteiger partial charge on any atom is 0.330 e. The number of ether oxygens (including phenoxy) is 1. The second-order valence-electron chi connectivity index (χ2n) is 4.18. The van der Waals surface area contributed by atoms with Crippen LogP contribution < -0.4 is 5.32 Å². The Hall–Kier alpha value is -0.750. The summed E-state index contributed by atoms with van der Waals surface area (Å²) in [6.07, 6.45) is 1.59. The fraction of sp³-hybridized carbons (Fsp3) is 0.800. The van der Waals surface area contributed by atoms with Crippen molar-refractivity contribution in [2.45, 2.75) is 30.9 Å². The van der Waals surface area contributed by atoms with Gasteiger partial charge in [-0.05, 0) is 25.0 Å². The van der Waals surface area contributed by atoms with Gasteiger partial charge in [0.2, 0.25) is 5.91 Å². The molecule has 5 nitrogen and oxygen atoms in total. The zero-order chi connectivity index (χ0) is 11.6. The summed E-state index contributed by atoms with van der Waals surface area (Å²) in [7, 11) is 0. The fourth-order valence-electron chi connectivity index (χ4n) is 1.99. The first-order valence-corrected chi connectivity index (χ1v) is 6.54. The molecule has 2 N–H and O–H groups in total. The molecule has 2 aliphatic rings. The topological polar surface area (TPSA) is 75.6 Å². The Morgan fingerprint density at radius 1 is 1.50 bits per heavy atom. The summed E-state index contributed by atoms with van der Waals surface area (Å²) in [6.45, 7) is 0.590. The Balaban J connectivity index is 2.00. The van der Waals surface area contributed by atoms with Crippen LogP contribution in [0.4, 0.5) is 0 Å². The second-order valence-corrected chi connectivity index (χ2v) is 5.29. The van der Waals surface area contributed by atoms with E-state index in [4.69, 9.17) is 4.74 Å². The van der Waals surface area contributed by atoms with Gasteiger partial charge in [-0.3, -0.25) is 4.79 Å². The Kier molecular flexibility index (Phi) is 3.39. The lowest BCUT2D eigenvalue weighted by atomic mass is 9.98. The molecule has 0 aromatic rings. The predicted molar refractivity (Wildman–Crippen MR) is 59.4 cm³/mol. The van der Waals surface area contributed by atoms with Crippen LogP contribution in [-0.2, 0) is 14.3 Å². The maximum atomic E-state index is 11.8. The summed E-state index contributed by atoms with van der Waals surface area (Å²) in [6, 6.07) is 0. The van der Waals surface area contributed by atoms with Crippen LogP contribution in [0.1, 0.15) is 19.3 Å². The summed E-state index contributed by atoms with van der Waals surface area (Å²) < 4.78 is 5.24. The van der Waals surface area contributed by atoms with Crippen LogP contribution in [0.2, 0.25) is 0 Å². The molecule has 6 heteroatoms. The molecule has 0 spiro atoms. The van der Waals surface area contributed by atoms with Gasteiger partial charge in [0, 0.05) is 12.4 Å². The number of carbonyl (C=O) groups is 2. The Labute approximate surface area is 97.9 Å². The van der Waals surface area contributed by atoms with Crippen molar-refractivity contribution in [3.8, 4) is 0 Å². The van der Waals surface area contributed by atoms with Gasteiger partial charge in [-0.25, -0.2) is 4.79 Å². The van der Waals surface area contributed by atoms with Gasteiger partial charge in [-0.2, -0.15) is 11.8 Å². The molecule has 0 aromatic carbocycles. The predicted octanol–water partition coefficient (Wildman–Crippen LogP) is 0.242. The van der Waals surface area contributed by atoms with E-state index in [0.29, 0.717) is 25.2 Å². The monoisotopic (exact) mass is 245 g/mol. The highest BCUT2D eigenvalue weighted by molar-refractivity contribution is 7.99. The van der Waals surface area contributed by atoms with Crippen LogP contribution in [0.5, 0.6) is 0 Å². The third-order valence-electron chi connectivity index (χ3n) is 3.02. The zero-order valence-electron chi connectivity index (χ0n) is 8.90. The lowest BCUT2D eigenvalue weighted by Crippen LogP contribution is -2.57. The molecule has 1 amide bonds. The number of amides is 1. The first-order chi connectivity index (χ1) is 7.64. The van der Waals surface area contributed by atoms with Crippen molar-refractivity contribution >= 4 is 23.6 Å². The van der Waals surface area contributed by atoms with Crippen molar-refractivity contribution in [3.05, 3.63) is 0 Å². The molecule has 0 aliphatic carbocycles. The van der Waals surface area contributed by atoms with Crippen LogP contribution in [0.3, 0.4) is 0 Å². The van der Waals surface area contributed by atoms with E-state index < -0.39 is 17.6 Å². The molecule has 0 aromatic heterocycles. The molecular weight excluding hydrogens is 230 g/mol. The highest BCUT2D eigenvalue weighted by atomic mass is 32.2. The average Bonchev–Trinajstić information content (AvgIpc) is 2.88. The van der Waals surface area contributed by atoms with Gasteiger partial charge in [0.1, 0.15) is 11.6 Å².